The molecule has 0 fully saturated rings. The molecule has 4 rings (SSSR count). The fourth-order valence-electron chi connectivity index (χ4n) is 2.66. The molecule has 0 amide bonds. The molecule has 0 N–H and O–H groups in total. The summed E-state index contributed by atoms with van der Waals surface area (Å²) >= 11 is 3.14. The number of hydrogen-bond acceptors (Lipinski definition) is 6. The number of nitrogens with zero attached hydrogens (tertiary/aromatic N) is 4. The van der Waals surface area contributed by atoms with E-state index in [1.165, 1.54) is 11.3 Å². The summed E-state index contributed by atoms with van der Waals surface area (Å²) in [5, 5.41) is 8.24. The van der Waals surface area contributed by atoms with Crippen molar-refractivity contribution in [3.05, 3.63) is 65.2 Å². The Hall–Kier alpha value is -2.51. The van der Waals surface area contributed by atoms with Gasteiger partial charge in [0.25, 0.3) is 0 Å². The van der Waals surface area contributed by atoms with Gasteiger partial charge in [-0.25, -0.2) is 14.6 Å². The Balaban J connectivity index is 1.44. The molecule has 0 aliphatic carbocycles. The van der Waals surface area contributed by atoms with Crippen LogP contribution in [0.15, 0.2) is 65.4 Å². The lowest BCUT2D eigenvalue weighted by Gasteiger charge is -2.04. The highest BCUT2D eigenvalue weighted by molar-refractivity contribution is 7.99. The number of carbonyl (C=O) groups is 1. The first-order chi connectivity index (χ1) is 12.8. The summed E-state index contributed by atoms with van der Waals surface area (Å²) in [5.74, 6) is 1.05. The number of thioether (sulfide) groups is 1. The number of hydrogen-bond donors (Lipinski definition) is 0. The summed E-state index contributed by atoms with van der Waals surface area (Å²) in [6, 6.07) is 13.7. The van der Waals surface area contributed by atoms with Crippen molar-refractivity contribution in [3.63, 3.8) is 0 Å². The fourth-order valence-corrected chi connectivity index (χ4v) is 4.26. The number of fused-ring (bicyclic) bond motifs is 1. The highest BCUT2D eigenvalue weighted by Crippen LogP contribution is 2.26. The Labute approximate surface area is 159 Å². The second kappa shape index (κ2) is 7.80. The molecule has 0 unspecified atom stereocenters. The Kier molecular flexibility index (Phi) is 5.08. The van der Waals surface area contributed by atoms with E-state index in [0.29, 0.717) is 6.42 Å². The van der Waals surface area contributed by atoms with E-state index in [0.717, 1.165) is 38.8 Å². The van der Waals surface area contributed by atoms with E-state index in [2.05, 4.69) is 15.1 Å². The first-order valence-electron chi connectivity index (χ1n) is 8.26. The van der Waals surface area contributed by atoms with Crippen molar-refractivity contribution in [2.24, 2.45) is 0 Å². The fraction of sp³-hybridized carbons (Fsp3) is 0.158. The second-order valence-electron chi connectivity index (χ2n) is 5.66. The zero-order valence-corrected chi connectivity index (χ0v) is 15.5. The highest BCUT2D eigenvalue weighted by Gasteiger charge is 2.12. The average molecular weight is 380 g/mol. The van der Waals surface area contributed by atoms with Gasteiger partial charge in [0.05, 0.1) is 22.1 Å². The molecular weight excluding hydrogens is 364 g/mol. The normalized spacial score (nSPS) is 11.1. The summed E-state index contributed by atoms with van der Waals surface area (Å²) < 4.78 is 1.82. The molecule has 0 saturated heterocycles. The molecule has 1 aromatic carbocycles. The number of aromatic nitrogens is 4. The van der Waals surface area contributed by atoms with Crippen LogP contribution in [0.1, 0.15) is 22.5 Å². The SMILES string of the molecule is O=C(CCCSc1ncnc2c1cnn2-c1ccccc1)c1cccs1. The number of benzene rings is 1. The van der Waals surface area contributed by atoms with E-state index in [1.54, 1.807) is 18.1 Å². The molecule has 7 heteroatoms. The van der Waals surface area contributed by atoms with Crippen LogP contribution in [0.2, 0.25) is 0 Å². The minimum atomic E-state index is 0.213. The third kappa shape index (κ3) is 3.54. The molecule has 0 bridgehead atoms. The van der Waals surface area contributed by atoms with Gasteiger partial charge in [0, 0.05) is 6.42 Å². The van der Waals surface area contributed by atoms with Crippen molar-refractivity contribution < 1.29 is 4.79 Å². The van der Waals surface area contributed by atoms with Crippen molar-refractivity contribution >= 4 is 39.9 Å². The Morgan fingerprint density at radius 2 is 2.00 bits per heavy atom. The molecule has 4 aromatic rings. The molecule has 26 heavy (non-hydrogen) atoms. The van der Waals surface area contributed by atoms with Gasteiger partial charge >= 0.3 is 0 Å². The lowest BCUT2D eigenvalue weighted by Crippen LogP contribution is -1.98. The van der Waals surface area contributed by atoms with Crippen molar-refractivity contribution in [1.29, 1.82) is 0 Å². The van der Waals surface area contributed by atoms with Crippen molar-refractivity contribution in [2.75, 3.05) is 5.75 Å². The molecule has 0 aliphatic heterocycles. The number of carbonyl (C=O) groups excluding carboxylic acids is 1. The molecule has 0 atom stereocenters. The van der Waals surface area contributed by atoms with E-state index in [9.17, 15) is 4.79 Å². The Bertz CT molecular complexity index is 1010. The smallest absolute Gasteiger partial charge is 0.172 e. The molecule has 5 nitrogen and oxygen atoms in total. The minimum absolute atomic E-state index is 0.213. The van der Waals surface area contributed by atoms with Gasteiger partial charge in [-0.15, -0.1) is 23.1 Å². The third-order valence-corrected chi connectivity index (χ3v) is 5.92. The zero-order valence-electron chi connectivity index (χ0n) is 13.9. The second-order valence-corrected chi connectivity index (χ2v) is 7.69. The monoisotopic (exact) mass is 380 g/mol. The summed E-state index contributed by atoms with van der Waals surface area (Å²) in [5.41, 5.74) is 1.77. The first kappa shape index (κ1) is 16.9. The van der Waals surface area contributed by atoms with Crippen LogP contribution in [-0.4, -0.2) is 31.3 Å². The standard InChI is InChI=1S/C19H16N4OS2/c24-16(17-9-5-10-25-17)8-4-11-26-19-15-12-22-23(18(15)20-13-21-19)14-6-2-1-3-7-14/h1-3,5-7,9-10,12-13H,4,8,11H2. The van der Waals surface area contributed by atoms with Crippen LogP contribution in [0.4, 0.5) is 0 Å². The largest absolute Gasteiger partial charge is 0.293 e. The van der Waals surface area contributed by atoms with E-state index < -0.39 is 0 Å². The lowest BCUT2D eigenvalue weighted by molar-refractivity contribution is 0.0986. The van der Waals surface area contributed by atoms with Gasteiger partial charge in [-0.2, -0.15) is 5.10 Å². The van der Waals surface area contributed by atoms with Gasteiger partial charge in [0.15, 0.2) is 11.4 Å². The summed E-state index contributed by atoms with van der Waals surface area (Å²) in [7, 11) is 0. The van der Waals surface area contributed by atoms with Gasteiger partial charge in [-0.1, -0.05) is 24.3 Å². The zero-order chi connectivity index (χ0) is 17.8. The molecule has 3 aromatic heterocycles. The van der Waals surface area contributed by atoms with Crippen LogP contribution in [0.5, 0.6) is 0 Å². The number of rotatable bonds is 7. The van der Waals surface area contributed by atoms with Crippen molar-refractivity contribution in [1.82, 2.24) is 19.7 Å². The van der Waals surface area contributed by atoms with Gasteiger partial charge in [-0.3, -0.25) is 4.79 Å². The lowest BCUT2D eigenvalue weighted by atomic mass is 10.2. The maximum atomic E-state index is 12.1. The topological polar surface area (TPSA) is 60.7 Å². The predicted molar refractivity (Wildman–Crippen MR) is 105 cm³/mol. The van der Waals surface area contributed by atoms with Crippen LogP contribution in [0, 0.1) is 0 Å². The maximum absolute atomic E-state index is 12.1. The van der Waals surface area contributed by atoms with E-state index in [1.807, 2.05) is 58.7 Å². The predicted octanol–water partition coefficient (Wildman–Crippen LogP) is 4.63. The third-order valence-electron chi connectivity index (χ3n) is 3.91. The Morgan fingerprint density at radius 1 is 1.12 bits per heavy atom. The van der Waals surface area contributed by atoms with Gasteiger partial charge in [0.2, 0.25) is 0 Å². The number of para-hydroxylation sites is 1. The van der Waals surface area contributed by atoms with Gasteiger partial charge in [0.1, 0.15) is 11.4 Å². The Morgan fingerprint density at radius 3 is 2.81 bits per heavy atom. The van der Waals surface area contributed by atoms with Gasteiger partial charge in [-0.05, 0) is 35.8 Å². The van der Waals surface area contributed by atoms with E-state index in [-0.39, 0.29) is 5.78 Å². The van der Waals surface area contributed by atoms with Crippen molar-refractivity contribution in [2.45, 2.75) is 17.9 Å². The minimum Gasteiger partial charge on any atom is -0.293 e. The van der Waals surface area contributed by atoms with Crippen molar-refractivity contribution in [3.8, 4) is 5.69 Å². The maximum Gasteiger partial charge on any atom is 0.172 e. The highest BCUT2D eigenvalue weighted by atomic mass is 32.2. The quantitative estimate of drug-likeness (QED) is 0.202. The molecular formula is C19H16N4OS2. The molecule has 0 aliphatic rings. The summed E-state index contributed by atoms with van der Waals surface area (Å²) in [6.45, 7) is 0. The van der Waals surface area contributed by atoms with Crippen LogP contribution < -0.4 is 0 Å². The van der Waals surface area contributed by atoms with Crippen LogP contribution in [0.25, 0.3) is 16.7 Å². The average Bonchev–Trinajstić information content (AvgIpc) is 3.36. The van der Waals surface area contributed by atoms with Crippen LogP contribution >= 0.6 is 23.1 Å². The number of thiophene rings is 1. The summed E-state index contributed by atoms with van der Waals surface area (Å²) in [6.07, 6.45) is 4.76. The molecule has 0 saturated carbocycles. The molecule has 3 heterocycles. The number of Topliss-reactive ketones (excluding diaryl/α,β-unsaturated/α-hetero) is 1. The van der Waals surface area contributed by atoms with Crippen LogP contribution in [0.3, 0.4) is 0 Å². The number of ketones is 1. The first-order valence-corrected chi connectivity index (χ1v) is 10.1. The van der Waals surface area contributed by atoms with E-state index >= 15 is 0 Å². The van der Waals surface area contributed by atoms with Crippen LogP contribution in [-0.2, 0) is 0 Å². The summed E-state index contributed by atoms with van der Waals surface area (Å²) in [4.78, 5) is 21.7. The van der Waals surface area contributed by atoms with E-state index in [4.69, 9.17) is 0 Å². The molecule has 130 valence electrons. The molecule has 0 spiro atoms. The van der Waals surface area contributed by atoms with Gasteiger partial charge < -0.3 is 0 Å². The molecule has 0 radical (unpaired) electrons.